The van der Waals surface area contributed by atoms with Gasteiger partial charge in [-0.1, -0.05) is 64.5 Å². The molecule has 0 rings (SSSR count). The van der Waals surface area contributed by atoms with Gasteiger partial charge in [0.2, 0.25) is 0 Å². The normalized spacial score (nSPS) is 11.4. The van der Waals surface area contributed by atoms with Gasteiger partial charge >= 0.3 is 0 Å². The van der Waals surface area contributed by atoms with Gasteiger partial charge < -0.3 is 5.32 Å². The minimum Gasteiger partial charge on any atom is -0.316 e. The van der Waals surface area contributed by atoms with Gasteiger partial charge in [-0.2, -0.15) is 0 Å². The summed E-state index contributed by atoms with van der Waals surface area (Å²) in [6.45, 7) is 6.88. The molecule has 17 heavy (non-hydrogen) atoms. The van der Waals surface area contributed by atoms with Gasteiger partial charge in [0.05, 0.1) is 0 Å². The SMILES string of the molecule is CCCCCC=CCCNCCCCCCC. The molecule has 0 aliphatic carbocycles. The first-order valence-electron chi connectivity index (χ1n) is 7.77. The first kappa shape index (κ1) is 16.7. The fourth-order valence-corrected chi connectivity index (χ4v) is 1.91. The lowest BCUT2D eigenvalue weighted by molar-refractivity contribution is 0.586. The summed E-state index contributed by atoms with van der Waals surface area (Å²) in [5.74, 6) is 0. The minimum absolute atomic E-state index is 1.15. The van der Waals surface area contributed by atoms with Gasteiger partial charge in [0.1, 0.15) is 0 Å². The highest BCUT2D eigenvalue weighted by Crippen LogP contribution is 2.01. The quantitative estimate of drug-likeness (QED) is 0.349. The first-order chi connectivity index (χ1) is 8.41. The summed E-state index contributed by atoms with van der Waals surface area (Å²) in [6, 6.07) is 0. The standard InChI is InChI=1S/C16H33N/c1-3-5-7-9-10-12-14-16-17-15-13-11-8-6-4-2/h10,12,17H,3-9,11,13-16H2,1-2H3. The molecule has 0 radical (unpaired) electrons. The maximum atomic E-state index is 3.51. The summed E-state index contributed by atoms with van der Waals surface area (Å²) in [4.78, 5) is 0. The molecule has 0 bridgehead atoms. The lowest BCUT2D eigenvalue weighted by atomic mass is 10.1. The van der Waals surface area contributed by atoms with E-state index in [1.807, 2.05) is 0 Å². The van der Waals surface area contributed by atoms with Crippen LogP contribution in [-0.2, 0) is 0 Å². The van der Waals surface area contributed by atoms with Gasteiger partial charge in [-0.05, 0) is 38.8 Å². The Labute approximate surface area is 109 Å². The molecule has 0 aromatic rings. The van der Waals surface area contributed by atoms with Crippen LogP contribution in [0.5, 0.6) is 0 Å². The van der Waals surface area contributed by atoms with E-state index in [-0.39, 0.29) is 0 Å². The number of allylic oxidation sites excluding steroid dienone is 1. The molecule has 0 saturated heterocycles. The molecule has 0 spiro atoms. The molecule has 1 heteroatoms. The number of rotatable bonds is 13. The van der Waals surface area contributed by atoms with E-state index < -0.39 is 0 Å². The fourth-order valence-electron chi connectivity index (χ4n) is 1.91. The monoisotopic (exact) mass is 239 g/mol. The molecular weight excluding hydrogens is 206 g/mol. The van der Waals surface area contributed by atoms with E-state index in [9.17, 15) is 0 Å². The van der Waals surface area contributed by atoms with E-state index in [2.05, 4.69) is 31.3 Å². The Hall–Kier alpha value is -0.300. The summed E-state index contributed by atoms with van der Waals surface area (Å²) < 4.78 is 0. The lowest BCUT2D eigenvalue weighted by Crippen LogP contribution is -2.15. The van der Waals surface area contributed by atoms with E-state index in [0.717, 1.165) is 6.54 Å². The Balaban J connectivity index is 2.97. The Bertz CT molecular complexity index is 152. The Morgan fingerprint density at radius 1 is 0.647 bits per heavy atom. The highest BCUT2D eigenvalue weighted by molar-refractivity contribution is 4.81. The summed E-state index contributed by atoms with van der Waals surface area (Å²) in [6.07, 6.45) is 18.1. The molecular formula is C16H33N. The molecule has 0 saturated carbocycles. The summed E-state index contributed by atoms with van der Waals surface area (Å²) in [5.41, 5.74) is 0. The van der Waals surface area contributed by atoms with Crippen LogP contribution >= 0.6 is 0 Å². The Morgan fingerprint density at radius 3 is 2.06 bits per heavy atom. The molecule has 1 N–H and O–H groups in total. The average molecular weight is 239 g/mol. The van der Waals surface area contributed by atoms with Gasteiger partial charge in [0, 0.05) is 0 Å². The largest absolute Gasteiger partial charge is 0.316 e. The van der Waals surface area contributed by atoms with Crippen molar-refractivity contribution in [1.29, 1.82) is 0 Å². The molecule has 102 valence electrons. The molecule has 0 unspecified atom stereocenters. The third-order valence-corrected chi connectivity index (χ3v) is 3.09. The molecule has 0 aliphatic rings. The highest BCUT2D eigenvalue weighted by Gasteiger charge is 1.88. The van der Waals surface area contributed by atoms with E-state index in [1.165, 1.54) is 70.8 Å². The van der Waals surface area contributed by atoms with Crippen LogP contribution < -0.4 is 5.32 Å². The predicted octanol–water partition coefficient (Wildman–Crippen LogP) is 5.07. The van der Waals surface area contributed by atoms with Crippen molar-refractivity contribution in [3.8, 4) is 0 Å². The molecule has 0 atom stereocenters. The summed E-state index contributed by atoms with van der Waals surface area (Å²) in [5, 5.41) is 3.51. The fraction of sp³-hybridized carbons (Fsp3) is 0.875. The van der Waals surface area contributed by atoms with Crippen molar-refractivity contribution in [3.05, 3.63) is 12.2 Å². The molecule has 0 fully saturated rings. The summed E-state index contributed by atoms with van der Waals surface area (Å²) >= 11 is 0. The second-order valence-corrected chi connectivity index (χ2v) is 4.92. The topological polar surface area (TPSA) is 12.0 Å². The molecule has 0 aliphatic heterocycles. The van der Waals surface area contributed by atoms with E-state index >= 15 is 0 Å². The van der Waals surface area contributed by atoms with Crippen molar-refractivity contribution >= 4 is 0 Å². The smallest absolute Gasteiger partial charge is 0.00143 e. The number of hydrogen-bond acceptors (Lipinski definition) is 1. The summed E-state index contributed by atoms with van der Waals surface area (Å²) in [7, 11) is 0. The van der Waals surface area contributed by atoms with Gasteiger partial charge in [-0.25, -0.2) is 0 Å². The molecule has 0 aromatic carbocycles. The minimum atomic E-state index is 1.15. The second kappa shape index (κ2) is 15.7. The van der Waals surface area contributed by atoms with Gasteiger partial charge in [-0.15, -0.1) is 0 Å². The number of nitrogens with one attached hydrogen (secondary N) is 1. The van der Waals surface area contributed by atoms with Crippen molar-refractivity contribution in [2.75, 3.05) is 13.1 Å². The van der Waals surface area contributed by atoms with Gasteiger partial charge in [-0.3, -0.25) is 0 Å². The van der Waals surface area contributed by atoms with Crippen LogP contribution in [0.2, 0.25) is 0 Å². The number of hydrogen-bond donors (Lipinski definition) is 1. The van der Waals surface area contributed by atoms with Crippen molar-refractivity contribution in [1.82, 2.24) is 5.32 Å². The van der Waals surface area contributed by atoms with E-state index in [4.69, 9.17) is 0 Å². The maximum Gasteiger partial charge on any atom is -0.00143 e. The van der Waals surface area contributed by atoms with E-state index in [0.29, 0.717) is 0 Å². The lowest BCUT2D eigenvalue weighted by Gasteiger charge is -2.02. The van der Waals surface area contributed by atoms with Gasteiger partial charge in [0.25, 0.3) is 0 Å². The van der Waals surface area contributed by atoms with Crippen LogP contribution in [0, 0.1) is 0 Å². The predicted molar refractivity (Wildman–Crippen MR) is 79.5 cm³/mol. The maximum absolute atomic E-state index is 3.51. The van der Waals surface area contributed by atoms with Crippen molar-refractivity contribution in [3.63, 3.8) is 0 Å². The molecule has 0 aromatic heterocycles. The van der Waals surface area contributed by atoms with Crippen LogP contribution in [0.4, 0.5) is 0 Å². The van der Waals surface area contributed by atoms with Crippen molar-refractivity contribution in [2.45, 2.75) is 78.1 Å². The van der Waals surface area contributed by atoms with Crippen LogP contribution in [0.15, 0.2) is 12.2 Å². The first-order valence-corrected chi connectivity index (χ1v) is 7.77. The number of unbranched alkanes of at least 4 members (excludes halogenated alkanes) is 7. The second-order valence-electron chi connectivity index (χ2n) is 4.92. The third-order valence-electron chi connectivity index (χ3n) is 3.09. The average Bonchev–Trinajstić information content (AvgIpc) is 2.35. The zero-order chi connectivity index (χ0) is 12.6. The Kier molecular flexibility index (Phi) is 15.4. The third kappa shape index (κ3) is 15.7. The van der Waals surface area contributed by atoms with Crippen LogP contribution in [0.25, 0.3) is 0 Å². The zero-order valence-electron chi connectivity index (χ0n) is 12.1. The van der Waals surface area contributed by atoms with Gasteiger partial charge in [0.15, 0.2) is 0 Å². The highest BCUT2D eigenvalue weighted by atomic mass is 14.8. The van der Waals surface area contributed by atoms with Crippen LogP contribution in [-0.4, -0.2) is 13.1 Å². The molecule has 0 amide bonds. The Morgan fingerprint density at radius 2 is 1.29 bits per heavy atom. The molecule has 1 nitrogen and oxygen atoms in total. The van der Waals surface area contributed by atoms with Crippen molar-refractivity contribution in [2.24, 2.45) is 0 Å². The van der Waals surface area contributed by atoms with E-state index in [1.54, 1.807) is 0 Å². The molecule has 0 heterocycles. The van der Waals surface area contributed by atoms with Crippen LogP contribution in [0.1, 0.15) is 78.1 Å². The zero-order valence-corrected chi connectivity index (χ0v) is 12.1. The van der Waals surface area contributed by atoms with Crippen LogP contribution in [0.3, 0.4) is 0 Å². The van der Waals surface area contributed by atoms with Crippen molar-refractivity contribution < 1.29 is 0 Å².